The highest BCUT2D eigenvalue weighted by molar-refractivity contribution is 7.69. The summed E-state index contributed by atoms with van der Waals surface area (Å²) in [5.74, 6) is -6.74. The van der Waals surface area contributed by atoms with Crippen LogP contribution in [0.1, 0.15) is 297 Å². The molecule has 0 amide bonds. The Morgan fingerprint density at radius 1 is 0.266 bits per heavy atom. The van der Waals surface area contributed by atoms with Gasteiger partial charge in [0.25, 0.3) is 0 Å². The zero-order valence-electron chi connectivity index (χ0n) is 86.5. The summed E-state index contributed by atoms with van der Waals surface area (Å²) in [6.07, 6.45) is -5.19. The second kappa shape index (κ2) is 66.3. The van der Waals surface area contributed by atoms with Gasteiger partial charge in [0.2, 0.25) is 11.6 Å². The van der Waals surface area contributed by atoms with Crippen molar-refractivity contribution >= 4 is 178 Å². The molecule has 0 saturated heterocycles. The second-order valence-electron chi connectivity index (χ2n) is 35.1. The minimum absolute atomic E-state index is 0.0666. The summed E-state index contributed by atoms with van der Waals surface area (Å²) < 4.78 is 197. The number of benzene rings is 2. The number of phenols is 4. The van der Waals surface area contributed by atoms with E-state index >= 15 is 0 Å². The first-order valence-corrected chi connectivity index (χ1v) is 59.9. The minimum Gasteiger partial charge on any atom is -0.566 e. The fourth-order valence-corrected chi connectivity index (χ4v) is 26.6. The zero-order chi connectivity index (χ0) is 111. The van der Waals surface area contributed by atoms with Crippen LogP contribution in [0, 0.1) is 25.7 Å². The Morgan fingerprint density at radius 2 is 0.439 bits per heavy atom. The third-order valence-corrected chi connectivity index (χ3v) is 32.8. The van der Waals surface area contributed by atoms with Gasteiger partial charge in [-0.25, -0.2) is 0 Å². The van der Waals surface area contributed by atoms with Gasteiger partial charge < -0.3 is 109 Å². The maximum absolute atomic E-state index is 14.4. The molecule has 0 aromatic heterocycles. The first-order chi connectivity index (χ1) is 62.5. The van der Waals surface area contributed by atoms with Crippen LogP contribution in [0.25, 0.3) is 0 Å². The van der Waals surface area contributed by atoms with Gasteiger partial charge in [-0.3, -0.25) is 46.6 Å². The van der Waals surface area contributed by atoms with E-state index in [1.807, 2.05) is 69.2 Å². The Bertz CT molecular complexity index is 4410. The van der Waals surface area contributed by atoms with Crippen molar-refractivity contribution in [3.63, 3.8) is 0 Å². The van der Waals surface area contributed by atoms with Crippen molar-refractivity contribution in [1.82, 2.24) is 0 Å². The summed E-state index contributed by atoms with van der Waals surface area (Å²) in [4.78, 5) is 125. The number of carbonyl (C=O) groups excluding carboxylic acids is 4. The number of ketones is 4. The molecule has 41 nitrogen and oxygen atoms in total. The van der Waals surface area contributed by atoms with E-state index < -0.39 is 224 Å². The van der Waals surface area contributed by atoms with Crippen LogP contribution in [0.3, 0.4) is 0 Å². The number of aromatic hydroxyl groups is 4. The van der Waals surface area contributed by atoms with Gasteiger partial charge in [0.05, 0.1) is 67.1 Å². The number of hydrogen-bond donors (Lipinski definition) is 8. The molecule has 8 N–H and O–H groups in total. The van der Waals surface area contributed by atoms with E-state index in [0.29, 0.717) is 11.1 Å². The van der Waals surface area contributed by atoms with Gasteiger partial charge in [-0.1, -0.05) is 102 Å². The SMILES string of the molecule is CC(C)OP(=O)(OC(C)C)C1=C(P(=O)(OC(C)C)OC(C)C)C(=O)C(C(C)C)=C(C(C)C)C1=O.CC(C)OP(=O)(OC(C)C)c1c(O)c(C(C)C)c(C(C)C)c(O)c1P(=O)(OC(C)C)OC(C)C.CC(C)OP(OC(C)C)OC(C)C.CC(C)O[P+](=O)[O-].CC(C)O[P+](=O)[O-].CC(C)O[P+](=O)[O-].CC(C)O[P+](=O)[O-].Cc1c(C)c(O)c(P(=O)(O)O)c(P(=O)(O)O)c1O.O=C1C(Cl)=C(Cl)C(=O)C(Cl)=C1Cl. The van der Waals surface area contributed by atoms with E-state index in [1.54, 1.807) is 194 Å². The third kappa shape index (κ3) is 53.1. The highest BCUT2D eigenvalue weighted by atomic mass is 35.5. The summed E-state index contributed by atoms with van der Waals surface area (Å²) in [5, 5.41) is 36.6. The number of hydrogen-bond acceptors (Lipinski definition) is 37. The quantitative estimate of drug-likeness (QED) is 0.0174. The molecule has 4 atom stereocenters. The maximum Gasteiger partial charge on any atom is 0.488 e. The minimum atomic E-state index is -5.17. The number of allylic oxidation sites excluding steroid dienone is 8. The molecule has 139 heavy (non-hydrogen) atoms. The summed E-state index contributed by atoms with van der Waals surface area (Å²) in [5.41, 5.74) is 1.04. The summed E-state index contributed by atoms with van der Waals surface area (Å²) in [6, 6.07) is 0. The molecule has 2 aromatic rings. The molecule has 0 bridgehead atoms. The Labute approximate surface area is 844 Å². The number of phenolic OH excluding ortho intramolecular Hbond substituents is 4. The lowest BCUT2D eigenvalue weighted by Crippen LogP contribution is -2.34. The van der Waals surface area contributed by atoms with E-state index in [4.69, 9.17) is 116 Å². The van der Waals surface area contributed by atoms with Crippen molar-refractivity contribution in [2.24, 2.45) is 11.8 Å². The van der Waals surface area contributed by atoms with Crippen molar-refractivity contribution in [2.45, 2.75) is 380 Å². The van der Waals surface area contributed by atoms with Crippen molar-refractivity contribution < 1.29 is 192 Å². The Kier molecular flexibility index (Phi) is 69.3. The molecule has 0 aliphatic heterocycles. The van der Waals surface area contributed by atoms with Crippen LogP contribution in [-0.2, 0) is 133 Å². The normalized spacial score (nSPS) is 14.3. The standard InChI is InChI=1S/C24H44O8P2.C24H42O8P2.C9H21O3P.C8H12O8P2.C6Cl4O2.4C3H7O3P/c2*1-13(2)19-20(14(3)4)22(26)24(34(28,31-17(9)10)32-18(11)12)23(21(19)25)33(27,29-15(5)6)30-16(7)8;1-7(2)10-13(11-8(3)4)12-9(5)6;1-3-4(2)6(10)8(18(14,15)16)7(5(3)9)17(11,12)13;7-1-2(8)6(12)4(10)3(9)5(1)11;4*1-3(2)6-7(4)5/h13-18,25-26H,1-12H3;13-18H,1-12H3;7-9H,1-6H3;9-10H,1-2H3,(H2,11,12,13)(H2,14,15,16);;4*3H,1-2H3. The van der Waals surface area contributed by atoms with E-state index in [2.05, 4.69) is 18.1 Å². The van der Waals surface area contributed by atoms with Crippen LogP contribution in [0.4, 0.5) is 0 Å². The zero-order valence-corrected chi connectivity index (χ0v) is 99.3. The highest BCUT2D eigenvalue weighted by Crippen LogP contribution is 2.70. The Morgan fingerprint density at radius 3 is 0.561 bits per heavy atom. The smallest absolute Gasteiger partial charge is 0.488 e. The van der Waals surface area contributed by atoms with Crippen LogP contribution in [0.15, 0.2) is 41.9 Å². The first kappa shape index (κ1) is 145. The molecular weight excluding hydrogens is 2140 g/mol. The maximum atomic E-state index is 14.4. The Hall–Kier alpha value is -2.27. The lowest BCUT2D eigenvalue weighted by Gasteiger charge is -2.34. The second-order valence-corrected chi connectivity index (χ2v) is 50.8. The predicted molar refractivity (Wildman–Crippen MR) is 532 cm³/mol. The van der Waals surface area contributed by atoms with Crippen molar-refractivity contribution in [3.8, 4) is 23.0 Å². The molecule has 808 valence electrons. The largest absolute Gasteiger partial charge is 0.566 e. The molecule has 4 rings (SSSR count). The van der Waals surface area contributed by atoms with Gasteiger partial charge in [0, 0.05) is 22.3 Å². The molecule has 0 heterocycles. The molecule has 4 unspecified atom stereocenters. The number of rotatable bonds is 40. The highest BCUT2D eigenvalue weighted by Gasteiger charge is 2.55. The summed E-state index contributed by atoms with van der Waals surface area (Å²) >= 11 is 21.5. The number of halogens is 4. The molecule has 2 aliphatic rings. The van der Waals surface area contributed by atoms with Crippen LogP contribution in [-0.4, -0.2) is 155 Å². The van der Waals surface area contributed by atoms with Gasteiger partial charge in [0.15, 0.2) is 11.6 Å². The van der Waals surface area contributed by atoms with Gasteiger partial charge in [-0.15, -0.1) is 18.1 Å². The van der Waals surface area contributed by atoms with Crippen LogP contribution in [0.2, 0.25) is 0 Å². The Balaban J connectivity index is -0.000000522. The van der Waals surface area contributed by atoms with Gasteiger partial charge in [0.1, 0.15) is 99.4 Å². The number of carbonyl (C=O) groups is 4. The van der Waals surface area contributed by atoms with Crippen LogP contribution < -0.4 is 40.8 Å². The first-order valence-electron chi connectivity index (χ1n) is 43.5. The third-order valence-electron chi connectivity index (χ3n) is 14.9. The van der Waals surface area contributed by atoms with Crippen molar-refractivity contribution in [3.05, 3.63) is 64.2 Å². The average Bonchev–Trinajstić information content (AvgIpc) is 0.725. The van der Waals surface area contributed by atoms with E-state index in [1.165, 1.54) is 13.8 Å². The average molecular weight is 2280 g/mol. The topological polar surface area (TPSA) is 632 Å². The molecule has 0 radical (unpaired) electrons. The molecular formula is C83H147Cl4O41P11. The number of Topliss-reactive ketones (excluding diaryl/α,β-unsaturated/α-hetero) is 4. The van der Waals surface area contributed by atoms with Gasteiger partial charge in [-0.05, 0) is 275 Å². The van der Waals surface area contributed by atoms with E-state index in [-0.39, 0.29) is 99.3 Å². The van der Waals surface area contributed by atoms with E-state index in [9.17, 15) is 105 Å². The lowest BCUT2D eigenvalue weighted by atomic mass is 9.82. The van der Waals surface area contributed by atoms with E-state index in [0.717, 1.165) is 0 Å². The van der Waals surface area contributed by atoms with Crippen LogP contribution in [0.5, 0.6) is 23.0 Å². The monoisotopic (exact) mass is 2280 g/mol. The van der Waals surface area contributed by atoms with Crippen LogP contribution >= 0.6 is 134 Å². The fraction of sp³-hybridized carbons (Fsp3) is 0.711. The molecule has 0 spiro atoms. The fourth-order valence-electron chi connectivity index (χ4n) is 10.9. The molecule has 2 aromatic carbocycles. The lowest BCUT2D eigenvalue weighted by molar-refractivity contribution is -0.189. The van der Waals surface area contributed by atoms with Gasteiger partial charge in [-0.2, -0.15) is 0 Å². The summed E-state index contributed by atoms with van der Waals surface area (Å²) in [6.45, 7) is 68.6. The molecule has 0 fully saturated rings. The molecule has 56 heteroatoms. The molecule has 0 saturated carbocycles. The van der Waals surface area contributed by atoms with Crippen molar-refractivity contribution in [2.75, 3.05) is 0 Å². The van der Waals surface area contributed by atoms with Gasteiger partial charge >= 0.3 is 87.2 Å². The summed E-state index contributed by atoms with van der Waals surface area (Å²) in [7, 11) is -39.6. The predicted octanol–water partition coefficient (Wildman–Crippen LogP) is 20.8. The van der Waals surface area contributed by atoms with Crippen molar-refractivity contribution in [1.29, 1.82) is 0 Å². The molecule has 2 aliphatic carbocycles.